The van der Waals surface area contributed by atoms with Crippen LogP contribution in [0.25, 0.3) is 0 Å². The number of ether oxygens (including phenoxy) is 1. The first-order chi connectivity index (χ1) is 11.9. The van der Waals surface area contributed by atoms with Crippen LogP contribution in [0.3, 0.4) is 0 Å². The number of halogens is 2. The SMILES string of the molecule is Cc1ccc(CSCC(=O)OCC(=O)Nc2cc(Cl)ccc2Cl)cc1. The first kappa shape index (κ1) is 19.6. The molecule has 1 amide bonds. The lowest BCUT2D eigenvalue weighted by molar-refractivity contribution is -0.144. The molecule has 0 aliphatic rings. The predicted octanol–water partition coefficient (Wildman–Crippen LogP) is 4.72. The molecule has 0 radical (unpaired) electrons. The van der Waals surface area contributed by atoms with Crippen LogP contribution in [0, 0.1) is 6.92 Å². The maximum Gasteiger partial charge on any atom is 0.316 e. The zero-order valence-electron chi connectivity index (χ0n) is 13.6. The maximum atomic E-state index is 11.8. The van der Waals surface area contributed by atoms with Crippen molar-refractivity contribution in [2.45, 2.75) is 12.7 Å². The van der Waals surface area contributed by atoms with Gasteiger partial charge in [0.25, 0.3) is 5.91 Å². The van der Waals surface area contributed by atoms with E-state index in [1.165, 1.54) is 23.4 Å². The van der Waals surface area contributed by atoms with E-state index in [0.717, 1.165) is 5.56 Å². The molecule has 132 valence electrons. The van der Waals surface area contributed by atoms with Gasteiger partial charge in [0.15, 0.2) is 6.61 Å². The summed E-state index contributed by atoms with van der Waals surface area (Å²) in [7, 11) is 0. The second-order valence-corrected chi connectivity index (χ2v) is 7.14. The Morgan fingerprint density at radius 2 is 1.84 bits per heavy atom. The third-order valence-corrected chi connectivity index (χ3v) is 4.72. The Balaban J connectivity index is 1.69. The van der Waals surface area contributed by atoms with Gasteiger partial charge in [-0.25, -0.2) is 0 Å². The summed E-state index contributed by atoms with van der Waals surface area (Å²) in [5, 5.41) is 3.36. The van der Waals surface area contributed by atoms with Crippen LogP contribution in [0.1, 0.15) is 11.1 Å². The molecule has 0 saturated heterocycles. The number of amides is 1. The minimum Gasteiger partial charge on any atom is -0.455 e. The molecule has 0 spiro atoms. The van der Waals surface area contributed by atoms with Gasteiger partial charge >= 0.3 is 5.97 Å². The lowest BCUT2D eigenvalue weighted by atomic mass is 10.2. The number of carbonyl (C=O) groups is 2. The van der Waals surface area contributed by atoms with Crippen LogP contribution >= 0.6 is 35.0 Å². The van der Waals surface area contributed by atoms with E-state index in [1.807, 2.05) is 31.2 Å². The molecule has 2 aromatic rings. The fraction of sp³-hybridized carbons (Fsp3) is 0.222. The van der Waals surface area contributed by atoms with Crippen LogP contribution in [0.4, 0.5) is 5.69 Å². The van der Waals surface area contributed by atoms with Gasteiger partial charge in [-0.15, -0.1) is 11.8 Å². The van der Waals surface area contributed by atoms with Crippen LogP contribution < -0.4 is 5.32 Å². The summed E-state index contributed by atoms with van der Waals surface area (Å²) in [6, 6.07) is 12.8. The van der Waals surface area contributed by atoms with Gasteiger partial charge in [0, 0.05) is 10.8 Å². The van der Waals surface area contributed by atoms with Crippen molar-refractivity contribution in [2.75, 3.05) is 17.7 Å². The summed E-state index contributed by atoms with van der Waals surface area (Å²) in [6.07, 6.45) is 0. The number of anilines is 1. The van der Waals surface area contributed by atoms with E-state index in [2.05, 4.69) is 5.32 Å². The number of benzene rings is 2. The molecule has 4 nitrogen and oxygen atoms in total. The van der Waals surface area contributed by atoms with Crippen molar-refractivity contribution < 1.29 is 14.3 Å². The molecule has 0 saturated carbocycles. The Kier molecular flexibility index (Phi) is 7.62. The van der Waals surface area contributed by atoms with Crippen LogP contribution in [0.15, 0.2) is 42.5 Å². The van der Waals surface area contributed by atoms with Crippen molar-refractivity contribution >= 4 is 52.5 Å². The number of thioether (sulfide) groups is 1. The monoisotopic (exact) mass is 397 g/mol. The highest BCUT2D eigenvalue weighted by Crippen LogP contribution is 2.25. The second kappa shape index (κ2) is 9.70. The largest absolute Gasteiger partial charge is 0.455 e. The molecule has 0 fully saturated rings. The minimum absolute atomic E-state index is 0.180. The van der Waals surface area contributed by atoms with Gasteiger partial charge in [-0.2, -0.15) is 0 Å². The molecule has 0 aromatic heterocycles. The average molecular weight is 398 g/mol. The lowest BCUT2D eigenvalue weighted by Gasteiger charge is -2.08. The fourth-order valence-corrected chi connectivity index (χ4v) is 3.02. The smallest absolute Gasteiger partial charge is 0.316 e. The number of aryl methyl sites for hydroxylation is 1. The van der Waals surface area contributed by atoms with Crippen molar-refractivity contribution in [3.05, 3.63) is 63.6 Å². The summed E-state index contributed by atoms with van der Waals surface area (Å²) in [6.45, 7) is 1.66. The van der Waals surface area contributed by atoms with Crippen LogP contribution in [-0.2, 0) is 20.1 Å². The molecule has 0 heterocycles. The molecule has 0 aliphatic heterocycles. The molecule has 7 heteroatoms. The Hall–Kier alpha value is -1.69. The number of hydrogen-bond donors (Lipinski definition) is 1. The van der Waals surface area contributed by atoms with Crippen LogP contribution in [0.2, 0.25) is 10.0 Å². The molecule has 0 aliphatic carbocycles. The topological polar surface area (TPSA) is 55.4 Å². The van der Waals surface area contributed by atoms with Crippen molar-refractivity contribution in [1.29, 1.82) is 0 Å². The molecule has 1 N–H and O–H groups in total. The predicted molar refractivity (Wildman–Crippen MR) is 103 cm³/mol. The summed E-state index contributed by atoms with van der Waals surface area (Å²) >= 11 is 13.2. The van der Waals surface area contributed by atoms with E-state index in [1.54, 1.807) is 12.1 Å². The molecule has 2 aromatic carbocycles. The minimum atomic E-state index is -0.471. The Labute approximate surface area is 160 Å². The molecule has 2 rings (SSSR count). The molecule has 0 atom stereocenters. The number of esters is 1. The fourth-order valence-electron chi connectivity index (χ4n) is 1.90. The third kappa shape index (κ3) is 6.98. The van der Waals surface area contributed by atoms with E-state index >= 15 is 0 Å². The van der Waals surface area contributed by atoms with E-state index in [9.17, 15) is 9.59 Å². The average Bonchev–Trinajstić information content (AvgIpc) is 2.58. The van der Waals surface area contributed by atoms with Crippen molar-refractivity contribution in [3.8, 4) is 0 Å². The van der Waals surface area contributed by atoms with Crippen molar-refractivity contribution in [2.24, 2.45) is 0 Å². The highest BCUT2D eigenvalue weighted by molar-refractivity contribution is 7.99. The Morgan fingerprint density at radius 1 is 1.12 bits per heavy atom. The van der Waals surface area contributed by atoms with E-state index in [4.69, 9.17) is 27.9 Å². The highest BCUT2D eigenvalue weighted by Gasteiger charge is 2.10. The standard InChI is InChI=1S/C18H17Cl2NO3S/c1-12-2-4-13(5-3-12)10-25-11-18(23)24-9-17(22)21-16-8-14(19)6-7-15(16)20/h2-8H,9-11H2,1H3,(H,21,22). The van der Waals surface area contributed by atoms with Crippen molar-refractivity contribution in [1.82, 2.24) is 0 Å². The van der Waals surface area contributed by atoms with E-state index in [-0.39, 0.29) is 12.4 Å². The summed E-state index contributed by atoms with van der Waals surface area (Å²) < 4.78 is 4.96. The van der Waals surface area contributed by atoms with Gasteiger partial charge in [-0.05, 0) is 30.7 Å². The van der Waals surface area contributed by atoms with Crippen LogP contribution in [-0.4, -0.2) is 24.2 Å². The normalized spacial score (nSPS) is 10.4. The second-order valence-electron chi connectivity index (χ2n) is 5.31. The summed E-state index contributed by atoms with van der Waals surface area (Å²) in [5.74, 6) is -0.0239. The highest BCUT2D eigenvalue weighted by atomic mass is 35.5. The van der Waals surface area contributed by atoms with Gasteiger partial charge in [-0.1, -0.05) is 53.0 Å². The number of hydrogen-bond acceptors (Lipinski definition) is 4. The number of nitrogens with one attached hydrogen (secondary N) is 1. The number of rotatable bonds is 7. The Morgan fingerprint density at radius 3 is 2.56 bits per heavy atom. The van der Waals surface area contributed by atoms with Gasteiger partial charge in [0.2, 0.25) is 0 Å². The molecular formula is C18H17Cl2NO3S. The first-order valence-corrected chi connectivity index (χ1v) is 9.39. The number of carbonyl (C=O) groups excluding carboxylic acids is 2. The summed E-state index contributed by atoms with van der Waals surface area (Å²) in [4.78, 5) is 23.5. The molecular weight excluding hydrogens is 381 g/mol. The zero-order chi connectivity index (χ0) is 18.2. The van der Waals surface area contributed by atoms with Gasteiger partial charge in [0.05, 0.1) is 16.5 Å². The van der Waals surface area contributed by atoms with Gasteiger partial charge in [0.1, 0.15) is 0 Å². The van der Waals surface area contributed by atoms with Gasteiger partial charge in [-0.3, -0.25) is 9.59 Å². The quantitative estimate of drug-likeness (QED) is 0.686. The third-order valence-electron chi connectivity index (χ3n) is 3.18. The lowest BCUT2D eigenvalue weighted by Crippen LogP contribution is -2.21. The van der Waals surface area contributed by atoms with Crippen LogP contribution in [0.5, 0.6) is 0 Å². The molecule has 0 unspecified atom stereocenters. The van der Waals surface area contributed by atoms with Gasteiger partial charge < -0.3 is 10.1 Å². The van der Waals surface area contributed by atoms with E-state index < -0.39 is 11.9 Å². The molecule has 25 heavy (non-hydrogen) atoms. The Bertz CT molecular complexity index is 750. The molecule has 0 bridgehead atoms. The zero-order valence-corrected chi connectivity index (χ0v) is 15.9. The van der Waals surface area contributed by atoms with E-state index in [0.29, 0.717) is 21.5 Å². The van der Waals surface area contributed by atoms with Crippen molar-refractivity contribution in [3.63, 3.8) is 0 Å². The first-order valence-electron chi connectivity index (χ1n) is 7.48. The summed E-state index contributed by atoms with van der Waals surface area (Å²) in [5.41, 5.74) is 2.71. The maximum absolute atomic E-state index is 11.8.